The molecule has 0 saturated carbocycles. The molecule has 1 heterocycles. The molecular formula is C13H14ClN3O4. The van der Waals surface area contributed by atoms with Gasteiger partial charge in [0.2, 0.25) is 5.91 Å². The Balaban J connectivity index is 2.37. The zero-order valence-electron chi connectivity index (χ0n) is 11.1. The molecule has 8 heteroatoms. The first-order chi connectivity index (χ1) is 9.93. The lowest BCUT2D eigenvalue weighted by molar-refractivity contribution is -0.384. The molecule has 7 nitrogen and oxygen atoms in total. The fourth-order valence-corrected chi connectivity index (χ4v) is 2.73. The zero-order chi connectivity index (χ0) is 15.6. The highest BCUT2D eigenvalue weighted by atomic mass is 35.5. The third-order valence-electron chi connectivity index (χ3n) is 3.50. The minimum absolute atomic E-state index is 0.0130. The molecule has 1 saturated heterocycles. The molecule has 0 aromatic heterocycles. The van der Waals surface area contributed by atoms with Gasteiger partial charge in [0.05, 0.1) is 10.5 Å². The predicted molar refractivity (Wildman–Crippen MR) is 76.0 cm³/mol. The van der Waals surface area contributed by atoms with Crippen LogP contribution >= 0.6 is 11.6 Å². The Morgan fingerprint density at radius 3 is 2.71 bits per heavy atom. The van der Waals surface area contributed by atoms with Crippen LogP contribution in [0, 0.1) is 10.1 Å². The van der Waals surface area contributed by atoms with E-state index in [9.17, 15) is 19.7 Å². The van der Waals surface area contributed by atoms with E-state index in [-0.39, 0.29) is 16.3 Å². The van der Waals surface area contributed by atoms with Gasteiger partial charge in [0, 0.05) is 12.6 Å². The number of primary amides is 1. The Bertz CT molecular complexity index is 605. The largest absolute Gasteiger partial charge is 0.368 e. The molecule has 1 aromatic rings. The van der Waals surface area contributed by atoms with Crippen molar-refractivity contribution < 1.29 is 14.5 Å². The van der Waals surface area contributed by atoms with Crippen LogP contribution in [0.3, 0.4) is 0 Å². The van der Waals surface area contributed by atoms with Gasteiger partial charge in [-0.15, -0.1) is 0 Å². The highest BCUT2D eigenvalue weighted by Gasteiger charge is 2.33. The number of hydrogen-bond acceptors (Lipinski definition) is 4. The normalized spacial score (nSPS) is 18.3. The first kappa shape index (κ1) is 15.2. The number of halogens is 1. The third kappa shape index (κ3) is 2.97. The number of rotatable bonds is 3. The van der Waals surface area contributed by atoms with Gasteiger partial charge in [-0.25, -0.2) is 0 Å². The van der Waals surface area contributed by atoms with Crippen LogP contribution in [0.5, 0.6) is 0 Å². The fraction of sp³-hybridized carbons (Fsp3) is 0.385. The quantitative estimate of drug-likeness (QED) is 0.677. The average Bonchev–Trinajstić information content (AvgIpc) is 2.46. The summed E-state index contributed by atoms with van der Waals surface area (Å²) in [5.74, 6) is -1.09. The summed E-state index contributed by atoms with van der Waals surface area (Å²) < 4.78 is 0. The van der Waals surface area contributed by atoms with Crippen LogP contribution in [0.1, 0.15) is 29.6 Å². The Hall–Kier alpha value is -2.15. The smallest absolute Gasteiger partial charge is 0.288 e. The molecule has 2 N–H and O–H groups in total. The lowest BCUT2D eigenvalue weighted by Crippen LogP contribution is -2.50. The average molecular weight is 312 g/mol. The van der Waals surface area contributed by atoms with Crippen molar-refractivity contribution in [2.24, 2.45) is 5.73 Å². The van der Waals surface area contributed by atoms with E-state index in [1.54, 1.807) is 0 Å². The molecule has 0 aliphatic carbocycles. The molecule has 2 amide bonds. The number of hydrogen-bond donors (Lipinski definition) is 1. The monoisotopic (exact) mass is 311 g/mol. The van der Waals surface area contributed by atoms with E-state index in [4.69, 9.17) is 17.3 Å². The van der Waals surface area contributed by atoms with Crippen molar-refractivity contribution >= 4 is 29.1 Å². The van der Waals surface area contributed by atoms with E-state index in [2.05, 4.69) is 0 Å². The van der Waals surface area contributed by atoms with E-state index in [0.717, 1.165) is 12.8 Å². The summed E-state index contributed by atoms with van der Waals surface area (Å²) in [6, 6.07) is 3.33. The fourth-order valence-electron chi connectivity index (χ4n) is 2.45. The van der Waals surface area contributed by atoms with Crippen molar-refractivity contribution in [3.63, 3.8) is 0 Å². The maximum atomic E-state index is 12.5. The second-order valence-electron chi connectivity index (χ2n) is 4.81. The molecule has 0 spiro atoms. The molecule has 21 heavy (non-hydrogen) atoms. The molecular weight excluding hydrogens is 298 g/mol. The molecule has 0 radical (unpaired) electrons. The maximum Gasteiger partial charge on any atom is 0.288 e. The van der Waals surface area contributed by atoms with Crippen LogP contribution in [0.25, 0.3) is 0 Å². The van der Waals surface area contributed by atoms with Gasteiger partial charge in [0.1, 0.15) is 11.1 Å². The molecule has 2 rings (SSSR count). The van der Waals surface area contributed by atoms with Gasteiger partial charge in [-0.05, 0) is 25.3 Å². The van der Waals surface area contributed by atoms with Crippen LogP contribution in [0.15, 0.2) is 18.2 Å². The standard InChI is InChI=1S/C13H14ClN3O4/c14-11-8(4-3-6-9(11)17(20)21)13(19)16-7-2-1-5-10(16)12(15)18/h3-4,6,10H,1-2,5,7H2,(H2,15,18). The van der Waals surface area contributed by atoms with Crippen LogP contribution < -0.4 is 5.73 Å². The predicted octanol–water partition coefficient (Wildman–Crippen LogP) is 1.73. The highest BCUT2D eigenvalue weighted by molar-refractivity contribution is 6.35. The Morgan fingerprint density at radius 2 is 2.10 bits per heavy atom. The maximum absolute atomic E-state index is 12.5. The van der Waals surface area contributed by atoms with E-state index < -0.39 is 22.8 Å². The molecule has 1 aliphatic rings. The number of benzene rings is 1. The zero-order valence-corrected chi connectivity index (χ0v) is 11.9. The van der Waals surface area contributed by atoms with E-state index in [0.29, 0.717) is 13.0 Å². The molecule has 1 unspecified atom stereocenters. The number of carbonyl (C=O) groups is 2. The molecule has 1 aliphatic heterocycles. The Morgan fingerprint density at radius 1 is 1.38 bits per heavy atom. The Kier molecular flexibility index (Phi) is 4.42. The van der Waals surface area contributed by atoms with Gasteiger partial charge in [0.25, 0.3) is 11.6 Å². The van der Waals surface area contributed by atoms with Crippen LogP contribution in [0.2, 0.25) is 5.02 Å². The van der Waals surface area contributed by atoms with Crippen molar-refractivity contribution in [3.8, 4) is 0 Å². The Labute approximate surface area is 125 Å². The first-order valence-corrected chi connectivity index (χ1v) is 6.84. The first-order valence-electron chi connectivity index (χ1n) is 6.46. The summed E-state index contributed by atoms with van der Waals surface area (Å²) in [4.78, 5) is 35.5. The highest BCUT2D eigenvalue weighted by Crippen LogP contribution is 2.30. The van der Waals surface area contributed by atoms with Crippen molar-refractivity contribution in [1.82, 2.24) is 4.90 Å². The van der Waals surface area contributed by atoms with Gasteiger partial charge in [-0.2, -0.15) is 0 Å². The number of carbonyl (C=O) groups excluding carboxylic acids is 2. The summed E-state index contributed by atoms with van der Waals surface area (Å²) in [7, 11) is 0. The van der Waals surface area contributed by atoms with E-state index in [1.165, 1.54) is 23.1 Å². The molecule has 0 bridgehead atoms. The second kappa shape index (κ2) is 6.09. The molecule has 1 fully saturated rings. The summed E-state index contributed by atoms with van der Waals surface area (Å²) in [6.07, 6.45) is 2.05. The SMILES string of the molecule is NC(=O)C1CCCCN1C(=O)c1cccc([N+](=O)[O-])c1Cl. The summed E-state index contributed by atoms with van der Waals surface area (Å²) in [5.41, 5.74) is 4.99. The minimum Gasteiger partial charge on any atom is -0.368 e. The van der Waals surface area contributed by atoms with Crippen LogP contribution in [-0.2, 0) is 4.79 Å². The number of piperidine rings is 1. The van der Waals surface area contributed by atoms with Gasteiger partial charge >= 0.3 is 0 Å². The number of likely N-dealkylation sites (tertiary alicyclic amines) is 1. The van der Waals surface area contributed by atoms with Gasteiger partial charge in [-0.3, -0.25) is 19.7 Å². The van der Waals surface area contributed by atoms with Gasteiger partial charge in [0.15, 0.2) is 0 Å². The van der Waals surface area contributed by atoms with Crippen molar-refractivity contribution in [3.05, 3.63) is 38.9 Å². The molecule has 112 valence electrons. The van der Waals surface area contributed by atoms with Crippen molar-refractivity contribution in [2.45, 2.75) is 25.3 Å². The van der Waals surface area contributed by atoms with Crippen molar-refractivity contribution in [2.75, 3.05) is 6.54 Å². The van der Waals surface area contributed by atoms with Gasteiger partial charge < -0.3 is 10.6 Å². The topological polar surface area (TPSA) is 107 Å². The lowest BCUT2D eigenvalue weighted by Gasteiger charge is -2.33. The molecule has 1 aromatic carbocycles. The number of amides is 2. The number of nitrogens with two attached hydrogens (primary N) is 1. The minimum atomic E-state index is -0.693. The summed E-state index contributed by atoms with van der Waals surface area (Å²) in [6.45, 7) is 0.380. The lowest BCUT2D eigenvalue weighted by atomic mass is 10.00. The second-order valence-corrected chi connectivity index (χ2v) is 5.19. The number of nitrogens with zero attached hydrogens (tertiary/aromatic N) is 2. The van der Waals surface area contributed by atoms with Crippen LogP contribution in [-0.4, -0.2) is 34.2 Å². The third-order valence-corrected chi connectivity index (χ3v) is 3.89. The summed E-state index contributed by atoms with van der Waals surface area (Å²) >= 11 is 5.94. The number of nitro benzene ring substituents is 1. The van der Waals surface area contributed by atoms with Crippen LogP contribution in [0.4, 0.5) is 5.69 Å². The van der Waals surface area contributed by atoms with Crippen molar-refractivity contribution in [1.29, 1.82) is 0 Å². The van der Waals surface area contributed by atoms with Gasteiger partial charge in [-0.1, -0.05) is 17.7 Å². The van der Waals surface area contributed by atoms with E-state index >= 15 is 0 Å². The van der Waals surface area contributed by atoms with E-state index in [1.807, 2.05) is 0 Å². The number of nitro groups is 1. The molecule has 1 atom stereocenters. The summed E-state index contributed by atoms with van der Waals surface area (Å²) in [5, 5.41) is 10.6.